The van der Waals surface area contributed by atoms with E-state index in [1.54, 1.807) is 0 Å². The Morgan fingerprint density at radius 3 is 2.75 bits per heavy atom. The van der Waals surface area contributed by atoms with Crippen molar-refractivity contribution in [2.75, 3.05) is 32.1 Å². The Bertz CT molecular complexity index is 471. The van der Waals surface area contributed by atoms with E-state index >= 15 is 0 Å². The van der Waals surface area contributed by atoms with E-state index < -0.39 is 5.54 Å². The second kappa shape index (κ2) is 6.59. The molecule has 5 heteroatoms. The maximum Gasteiger partial charge on any atom is 0.331 e. The minimum Gasteiger partial charge on any atom is -0.464 e. The molecule has 20 heavy (non-hydrogen) atoms. The molecular formula is C15H21BrN2O2. The van der Waals surface area contributed by atoms with E-state index in [4.69, 9.17) is 4.74 Å². The van der Waals surface area contributed by atoms with Crippen molar-refractivity contribution in [2.24, 2.45) is 0 Å². The summed E-state index contributed by atoms with van der Waals surface area (Å²) in [6.45, 7) is 4.04. The average Bonchev–Trinajstić information content (AvgIpc) is 2.42. The fourth-order valence-corrected chi connectivity index (χ4v) is 2.89. The number of carbonyl (C=O) groups excluding carboxylic acids is 1. The number of hydrogen-bond donors (Lipinski definition) is 1. The highest BCUT2D eigenvalue weighted by Crippen LogP contribution is 2.29. The zero-order valence-electron chi connectivity index (χ0n) is 12.0. The van der Waals surface area contributed by atoms with Crippen LogP contribution in [0.3, 0.4) is 0 Å². The first-order valence-corrected chi connectivity index (χ1v) is 7.74. The minimum absolute atomic E-state index is 0.145. The summed E-state index contributed by atoms with van der Waals surface area (Å²) in [6, 6.07) is 7.89. The Kier molecular flexibility index (Phi) is 5.05. The van der Waals surface area contributed by atoms with Gasteiger partial charge in [-0.25, -0.2) is 4.79 Å². The molecule has 1 saturated heterocycles. The number of piperidine rings is 1. The van der Waals surface area contributed by atoms with Gasteiger partial charge in [0.1, 0.15) is 5.54 Å². The number of halogens is 1. The lowest BCUT2D eigenvalue weighted by Gasteiger charge is -2.39. The molecule has 0 unspecified atom stereocenters. The summed E-state index contributed by atoms with van der Waals surface area (Å²) in [4.78, 5) is 14.6. The summed E-state index contributed by atoms with van der Waals surface area (Å²) in [7, 11) is 2.08. The molecule has 1 aliphatic heterocycles. The maximum atomic E-state index is 12.4. The number of carbonyl (C=O) groups is 1. The number of likely N-dealkylation sites (tertiary alicyclic amines) is 1. The smallest absolute Gasteiger partial charge is 0.331 e. The van der Waals surface area contributed by atoms with Crippen LogP contribution in [0, 0.1) is 0 Å². The lowest BCUT2D eigenvalue weighted by Crippen LogP contribution is -2.54. The van der Waals surface area contributed by atoms with Crippen LogP contribution < -0.4 is 5.32 Å². The molecule has 1 heterocycles. The summed E-state index contributed by atoms with van der Waals surface area (Å²) in [6.07, 6.45) is 1.52. The number of nitrogens with zero attached hydrogens (tertiary/aromatic N) is 1. The van der Waals surface area contributed by atoms with E-state index in [1.807, 2.05) is 31.2 Å². The molecule has 0 bridgehead atoms. The highest BCUT2D eigenvalue weighted by Gasteiger charge is 2.42. The Morgan fingerprint density at radius 1 is 1.45 bits per heavy atom. The van der Waals surface area contributed by atoms with E-state index in [0.717, 1.165) is 36.1 Å². The fourth-order valence-electron chi connectivity index (χ4n) is 2.49. The van der Waals surface area contributed by atoms with E-state index in [9.17, 15) is 4.79 Å². The van der Waals surface area contributed by atoms with Crippen molar-refractivity contribution in [3.05, 3.63) is 28.7 Å². The number of benzene rings is 1. The molecule has 0 aromatic heterocycles. The lowest BCUT2D eigenvalue weighted by molar-refractivity contribution is -0.150. The highest BCUT2D eigenvalue weighted by molar-refractivity contribution is 9.10. The van der Waals surface area contributed by atoms with Gasteiger partial charge in [-0.05, 0) is 45.0 Å². The predicted molar refractivity (Wildman–Crippen MR) is 83.9 cm³/mol. The van der Waals surface area contributed by atoms with Gasteiger partial charge < -0.3 is 15.0 Å². The summed E-state index contributed by atoms with van der Waals surface area (Å²) in [5.74, 6) is -0.145. The van der Waals surface area contributed by atoms with Gasteiger partial charge in [-0.2, -0.15) is 0 Å². The van der Waals surface area contributed by atoms with Crippen molar-refractivity contribution < 1.29 is 9.53 Å². The van der Waals surface area contributed by atoms with E-state index in [2.05, 4.69) is 33.2 Å². The molecule has 0 radical (unpaired) electrons. The molecule has 0 atom stereocenters. The third-order valence-corrected chi connectivity index (χ3v) is 4.21. The van der Waals surface area contributed by atoms with Gasteiger partial charge in [-0.3, -0.25) is 0 Å². The third kappa shape index (κ3) is 3.52. The van der Waals surface area contributed by atoms with E-state index in [1.165, 1.54) is 0 Å². The van der Waals surface area contributed by atoms with Crippen LogP contribution in [0.1, 0.15) is 19.8 Å². The zero-order valence-corrected chi connectivity index (χ0v) is 13.6. The van der Waals surface area contributed by atoms with Gasteiger partial charge in [0.25, 0.3) is 0 Å². The Hall–Kier alpha value is -1.07. The van der Waals surface area contributed by atoms with Crippen LogP contribution in [-0.2, 0) is 9.53 Å². The van der Waals surface area contributed by atoms with E-state index in [-0.39, 0.29) is 5.97 Å². The van der Waals surface area contributed by atoms with E-state index in [0.29, 0.717) is 6.61 Å². The summed E-state index contributed by atoms with van der Waals surface area (Å²) in [5, 5.41) is 3.41. The molecule has 1 N–H and O–H groups in total. The van der Waals surface area contributed by atoms with Crippen molar-refractivity contribution >= 4 is 27.6 Å². The number of hydrogen-bond acceptors (Lipinski definition) is 4. The Balaban J connectivity index is 2.20. The second-order valence-corrected chi connectivity index (χ2v) is 6.16. The first-order valence-electron chi connectivity index (χ1n) is 6.95. The van der Waals surface area contributed by atoms with Gasteiger partial charge in [0.2, 0.25) is 0 Å². The third-order valence-electron chi connectivity index (χ3n) is 3.72. The molecule has 1 aliphatic rings. The minimum atomic E-state index is -0.608. The van der Waals surface area contributed by atoms with Gasteiger partial charge >= 0.3 is 5.97 Å². The SMILES string of the molecule is CCOC(=O)C1(Nc2cccc(Br)c2)CCN(C)CC1. The van der Waals surface area contributed by atoms with Crippen molar-refractivity contribution in [3.8, 4) is 0 Å². The van der Waals surface area contributed by atoms with Crippen molar-refractivity contribution in [1.29, 1.82) is 0 Å². The molecule has 0 amide bonds. The number of anilines is 1. The topological polar surface area (TPSA) is 41.6 Å². The first kappa shape index (κ1) is 15.3. The predicted octanol–water partition coefficient (Wildman–Crippen LogP) is 2.89. The summed E-state index contributed by atoms with van der Waals surface area (Å²) in [5.41, 5.74) is 0.334. The van der Waals surface area contributed by atoms with Crippen LogP contribution in [-0.4, -0.2) is 43.2 Å². The highest BCUT2D eigenvalue weighted by atomic mass is 79.9. The number of esters is 1. The summed E-state index contributed by atoms with van der Waals surface area (Å²) < 4.78 is 6.29. The standard InChI is InChI=1S/C15H21BrN2O2/c1-3-20-14(19)15(7-9-18(2)10-8-15)17-13-6-4-5-12(16)11-13/h4-6,11,17H,3,7-10H2,1-2H3. The summed E-state index contributed by atoms with van der Waals surface area (Å²) >= 11 is 3.46. The van der Waals surface area contributed by atoms with Crippen LogP contribution in [0.4, 0.5) is 5.69 Å². The lowest BCUT2D eigenvalue weighted by atomic mass is 9.87. The monoisotopic (exact) mass is 340 g/mol. The second-order valence-electron chi connectivity index (χ2n) is 5.24. The zero-order chi connectivity index (χ0) is 14.6. The van der Waals surface area contributed by atoms with Gasteiger partial charge in [0, 0.05) is 23.2 Å². The molecule has 1 aromatic rings. The Labute approximate surface area is 128 Å². The first-order chi connectivity index (χ1) is 9.55. The molecular weight excluding hydrogens is 320 g/mol. The molecule has 1 fully saturated rings. The molecule has 0 saturated carbocycles. The van der Waals surface area contributed by atoms with Crippen LogP contribution in [0.2, 0.25) is 0 Å². The molecule has 0 spiro atoms. The van der Waals surface area contributed by atoms with Crippen molar-refractivity contribution in [2.45, 2.75) is 25.3 Å². The van der Waals surface area contributed by atoms with Crippen molar-refractivity contribution in [1.82, 2.24) is 4.90 Å². The molecule has 4 nitrogen and oxygen atoms in total. The normalized spacial score (nSPS) is 18.6. The van der Waals surface area contributed by atoms with Gasteiger partial charge in [-0.1, -0.05) is 22.0 Å². The fraction of sp³-hybridized carbons (Fsp3) is 0.533. The van der Waals surface area contributed by atoms with Crippen molar-refractivity contribution in [3.63, 3.8) is 0 Å². The Morgan fingerprint density at radius 2 is 2.15 bits per heavy atom. The number of ether oxygens (including phenoxy) is 1. The molecule has 1 aromatic carbocycles. The average molecular weight is 341 g/mol. The van der Waals surface area contributed by atoms with Gasteiger partial charge in [0.05, 0.1) is 6.61 Å². The number of rotatable bonds is 4. The number of nitrogens with one attached hydrogen (secondary N) is 1. The molecule has 2 rings (SSSR count). The largest absolute Gasteiger partial charge is 0.464 e. The molecule has 0 aliphatic carbocycles. The maximum absolute atomic E-state index is 12.4. The van der Waals surface area contributed by atoms with Crippen LogP contribution in [0.15, 0.2) is 28.7 Å². The quantitative estimate of drug-likeness (QED) is 0.855. The van der Waals surface area contributed by atoms with Crippen LogP contribution >= 0.6 is 15.9 Å². The van der Waals surface area contributed by atoms with Crippen LogP contribution in [0.5, 0.6) is 0 Å². The van der Waals surface area contributed by atoms with Crippen LogP contribution in [0.25, 0.3) is 0 Å². The molecule has 110 valence electrons. The van der Waals surface area contributed by atoms with Gasteiger partial charge in [-0.15, -0.1) is 0 Å². The van der Waals surface area contributed by atoms with Gasteiger partial charge in [0.15, 0.2) is 0 Å².